The molecule has 188 valence electrons. The largest absolute Gasteiger partial charge is 0.497 e. The Balaban J connectivity index is 1.28. The van der Waals surface area contributed by atoms with Crippen LogP contribution in [0, 0.1) is 5.92 Å². The number of fused-ring (bicyclic) bond motifs is 1. The zero-order valence-corrected chi connectivity index (χ0v) is 21.2. The molecule has 0 bridgehead atoms. The van der Waals surface area contributed by atoms with Crippen molar-refractivity contribution >= 4 is 5.91 Å². The van der Waals surface area contributed by atoms with Gasteiger partial charge in [0.2, 0.25) is 0 Å². The molecule has 1 aromatic heterocycles. The zero-order valence-electron chi connectivity index (χ0n) is 21.2. The molecule has 2 aliphatic rings. The summed E-state index contributed by atoms with van der Waals surface area (Å²) in [7, 11) is 3.62. The van der Waals surface area contributed by atoms with Gasteiger partial charge in [-0.05, 0) is 85.3 Å². The van der Waals surface area contributed by atoms with Gasteiger partial charge in [-0.3, -0.25) is 14.7 Å². The smallest absolute Gasteiger partial charge is 0.272 e. The molecule has 1 saturated heterocycles. The molecule has 0 radical (unpaired) electrons. The lowest BCUT2D eigenvalue weighted by Gasteiger charge is -2.40. The normalized spacial score (nSPS) is 16.7. The first-order valence-corrected chi connectivity index (χ1v) is 12.9. The van der Waals surface area contributed by atoms with Gasteiger partial charge in [0.25, 0.3) is 5.91 Å². The number of amides is 1. The van der Waals surface area contributed by atoms with Crippen LogP contribution in [0.4, 0.5) is 0 Å². The number of hydrogen-bond donors (Lipinski definition) is 0. The van der Waals surface area contributed by atoms with Gasteiger partial charge < -0.3 is 14.4 Å². The number of likely N-dealkylation sites (tertiary alicyclic amines) is 1. The summed E-state index contributed by atoms with van der Waals surface area (Å²) in [6.45, 7) is 3.81. The van der Waals surface area contributed by atoms with Gasteiger partial charge in [-0.25, -0.2) is 0 Å². The summed E-state index contributed by atoms with van der Waals surface area (Å²) < 4.78 is 11.1. The van der Waals surface area contributed by atoms with Gasteiger partial charge in [0.05, 0.1) is 13.7 Å². The van der Waals surface area contributed by atoms with Crippen LogP contribution in [0.25, 0.3) is 0 Å². The van der Waals surface area contributed by atoms with Crippen LogP contribution in [0.1, 0.15) is 40.0 Å². The first-order valence-electron chi connectivity index (χ1n) is 12.9. The van der Waals surface area contributed by atoms with Crippen LogP contribution in [-0.2, 0) is 19.4 Å². The Morgan fingerprint density at radius 2 is 1.97 bits per heavy atom. The van der Waals surface area contributed by atoms with Crippen LogP contribution < -0.4 is 9.47 Å². The van der Waals surface area contributed by atoms with E-state index in [1.54, 1.807) is 19.4 Å². The van der Waals surface area contributed by atoms with E-state index in [0.29, 0.717) is 11.6 Å². The third kappa shape index (κ3) is 5.54. The maximum Gasteiger partial charge on any atom is 0.272 e. The Labute approximate surface area is 213 Å². The van der Waals surface area contributed by atoms with Gasteiger partial charge in [-0.15, -0.1) is 0 Å². The summed E-state index contributed by atoms with van der Waals surface area (Å²) in [5, 5.41) is 0. The third-order valence-corrected chi connectivity index (χ3v) is 7.62. The molecule has 3 heterocycles. The number of nitrogens with zero attached hydrogens (tertiary/aromatic N) is 3. The minimum absolute atomic E-state index is 0.0220. The molecule has 1 fully saturated rings. The second kappa shape index (κ2) is 11.1. The fourth-order valence-corrected chi connectivity index (χ4v) is 5.57. The molecular formula is C30H35N3O3. The van der Waals surface area contributed by atoms with Crippen molar-refractivity contribution in [3.05, 3.63) is 89.2 Å². The van der Waals surface area contributed by atoms with Crippen molar-refractivity contribution < 1.29 is 14.3 Å². The lowest BCUT2D eigenvalue weighted by atomic mass is 9.84. The van der Waals surface area contributed by atoms with E-state index in [-0.39, 0.29) is 11.9 Å². The highest BCUT2D eigenvalue weighted by atomic mass is 16.5. The molecule has 0 spiro atoms. The number of ether oxygens (including phenoxy) is 2. The van der Waals surface area contributed by atoms with E-state index < -0.39 is 0 Å². The molecule has 2 aromatic carbocycles. The number of likely N-dealkylation sites (N-methyl/N-ethyl adjacent to an activating group) is 1. The molecule has 2 aliphatic heterocycles. The third-order valence-electron chi connectivity index (χ3n) is 7.62. The second-order valence-corrected chi connectivity index (χ2v) is 9.91. The lowest BCUT2D eigenvalue weighted by molar-refractivity contribution is 0.0579. The zero-order chi connectivity index (χ0) is 24.9. The molecule has 0 saturated carbocycles. The highest BCUT2D eigenvalue weighted by Gasteiger charge is 2.32. The summed E-state index contributed by atoms with van der Waals surface area (Å²) in [6.07, 6.45) is 5.60. The number of methoxy groups -OCH3 is 1. The van der Waals surface area contributed by atoms with Crippen molar-refractivity contribution in [3.8, 4) is 11.5 Å². The van der Waals surface area contributed by atoms with E-state index in [1.807, 2.05) is 36.2 Å². The summed E-state index contributed by atoms with van der Waals surface area (Å²) in [6, 6.07) is 20.4. The van der Waals surface area contributed by atoms with Crippen LogP contribution in [0.5, 0.6) is 11.5 Å². The van der Waals surface area contributed by atoms with Gasteiger partial charge >= 0.3 is 0 Å². The van der Waals surface area contributed by atoms with Gasteiger partial charge in [0.15, 0.2) is 0 Å². The molecule has 6 heteroatoms. The fraction of sp³-hybridized carbons (Fsp3) is 0.400. The van der Waals surface area contributed by atoms with Gasteiger partial charge in [0.1, 0.15) is 17.2 Å². The van der Waals surface area contributed by atoms with Crippen molar-refractivity contribution in [3.63, 3.8) is 0 Å². The van der Waals surface area contributed by atoms with Crippen LogP contribution in [0.15, 0.2) is 66.9 Å². The Hall–Kier alpha value is -3.38. The summed E-state index contributed by atoms with van der Waals surface area (Å²) in [5.41, 5.74) is 4.36. The van der Waals surface area contributed by atoms with Crippen molar-refractivity contribution in [2.75, 3.05) is 33.9 Å². The van der Waals surface area contributed by atoms with Gasteiger partial charge in [0, 0.05) is 32.3 Å². The Morgan fingerprint density at radius 1 is 1.11 bits per heavy atom. The molecule has 0 N–H and O–H groups in total. The number of piperidine rings is 1. The Bertz CT molecular complexity index is 1180. The van der Waals surface area contributed by atoms with Crippen LogP contribution in [0.2, 0.25) is 0 Å². The predicted octanol–water partition coefficient (Wildman–Crippen LogP) is 4.62. The van der Waals surface area contributed by atoms with Gasteiger partial charge in [-0.1, -0.05) is 30.3 Å². The first-order chi connectivity index (χ1) is 17.6. The fourth-order valence-electron chi connectivity index (χ4n) is 5.57. The highest BCUT2D eigenvalue weighted by molar-refractivity contribution is 5.92. The van der Waals surface area contributed by atoms with Crippen molar-refractivity contribution in [1.82, 2.24) is 14.8 Å². The van der Waals surface area contributed by atoms with Crippen molar-refractivity contribution in [1.29, 1.82) is 0 Å². The summed E-state index contributed by atoms with van der Waals surface area (Å²) in [4.78, 5) is 22.1. The number of pyridine rings is 1. The Kier molecular flexibility index (Phi) is 7.52. The number of carbonyl (C=O) groups excluding carboxylic acids is 1. The van der Waals surface area contributed by atoms with Crippen LogP contribution in [0.3, 0.4) is 0 Å². The minimum atomic E-state index is -0.0220. The van der Waals surface area contributed by atoms with Crippen molar-refractivity contribution in [2.45, 2.75) is 38.3 Å². The molecule has 0 unspecified atom stereocenters. The predicted molar refractivity (Wildman–Crippen MR) is 140 cm³/mol. The second-order valence-electron chi connectivity index (χ2n) is 9.91. The summed E-state index contributed by atoms with van der Waals surface area (Å²) >= 11 is 0. The van der Waals surface area contributed by atoms with E-state index >= 15 is 0 Å². The first kappa shape index (κ1) is 24.3. The monoisotopic (exact) mass is 485 g/mol. The van der Waals surface area contributed by atoms with E-state index in [9.17, 15) is 4.79 Å². The molecule has 1 amide bonds. The highest BCUT2D eigenvalue weighted by Crippen LogP contribution is 2.30. The number of carbonyl (C=O) groups is 1. The van der Waals surface area contributed by atoms with Crippen molar-refractivity contribution in [2.24, 2.45) is 5.92 Å². The molecule has 36 heavy (non-hydrogen) atoms. The molecule has 1 atom stereocenters. The van der Waals surface area contributed by atoms with E-state index in [1.165, 1.54) is 16.7 Å². The van der Waals surface area contributed by atoms with E-state index in [4.69, 9.17) is 9.47 Å². The number of rotatable bonds is 8. The van der Waals surface area contributed by atoms with E-state index in [2.05, 4.69) is 40.2 Å². The lowest BCUT2D eigenvalue weighted by Crippen LogP contribution is -2.47. The maximum absolute atomic E-state index is 13.4. The Morgan fingerprint density at radius 3 is 2.75 bits per heavy atom. The number of hydrogen-bond acceptors (Lipinski definition) is 5. The SMILES string of the molecule is COc1cccc(C[C@H](C2CCN(Cc3ccc4c(c3)CCO4)CC2)N(C)C(=O)c2ccccn2)c1. The maximum atomic E-state index is 13.4. The topological polar surface area (TPSA) is 54.9 Å². The quantitative estimate of drug-likeness (QED) is 0.466. The molecule has 5 rings (SSSR count). The number of aromatic nitrogens is 1. The average Bonchev–Trinajstić information content (AvgIpc) is 3.40. The molecular weight excluding hydrogens is 450 g/mol. The molecule has 3 aromatic rings. The average molecular weight is 486 g/mol. The molecule has 0 aliphatic carbocycles. The van der Waals surface area contributed by atoms with E-state index in [0.717, 1.165) is 63.4 Å². The standard InChI is InChI=1S/C30H35N3O3/c1-32(30(34)27-8-3-4-14-31-27)28(20-22-6-5-7-26(19-22)35-2)24-11-15-33(16-12-24)21-23-9-10-29-25(18-23)13-17-36-29/h3-10,14,18-19,24,28H,11-13,15-17,20-21H2,1-2H3/t28-/m1/s1. The van der Waals surface area contributed by atoms with Gasteiger partial charge in [-0.2, -0.15) is 0 Å². The summed E-state index contributed by atoms with van der Waals surface area (Å²) in [5.74, 6) is 2.28. The van der Waals surface area contributed by atoms with Crippen LogP contribution >= 0.6 is 0 Å². The van der Waals surface area contributed by atoms with Crippen LogP contribution in [-0.4, -0.2) is 60.6 Å². The molecule has 6 nitrogen and oxygen atoms in total. The minimum Gasteiger partial charge on any atom is -0.497 e. The number of benzene rings is 2.